The number of amides is 1. The Bertz CT molecular complexity index is 699. The maximum atomic E-state index is 12.5. The Morgan fingerprint density at radius 2 is 2.22 bits per heavy atom. The fourth-order valence-corrected chi connectivity index (χ4v) is 3.28. The number of hydrogen-bond acceptors (Lipinski definition) is 4. The molecular weight excluding hydrogens is 294 g/mol. The van der Waals surface area contributed by atoms with Crippen LogP contribution in [-0.2, 0) is 18.0 Å². The lowest BCUT2D eigenvalue weighted by Gasteiger charge is -2.21. The van der Waals surface area contributed by atoms with Gasteiger partial charge in [0, 0.05) is 5.56 Å². The van der Waals surface area contributed by atoms with Gasteiger partial charge in [0.25, 0.3) is 5.91 Å². The van der Waals surface area contributed by atoms with Crippen LogP contribution >= 0.6 is 0 Å². The molecule has 4 rings (SSSR count). The number of carbonyl (C=O) groups excluding carboxylic acids is 1. The minimum absolute atomic E-state index is 0.00527. The molecule has 2 heterocycles. The monoisotopic (exact) mass is 313 g/mol. The van der Waals surface area contributed by atoms with Crippen molar-refractivity contribution in [3.8, 4) is 5.75 Å². The van der Waals surface area contributed by atoms with Gasteiger partial charge in [-0.3, -0.25) is 9.89 Å². The van der Waals surface area contributed by atoms with E-state index in [-0.39, 0.29) is 18.1 Å². The number of ether oxygens (including phenoxy) is 2. The molecule has 0 spiro atoms. The third-order valence-corrected chi connectivity index (χ3v) is 4.51. The molecule has 0 radical (unpaired) electrons. The molecule has 2 atom stereocenters. The van der Waals surface area contributed by atoms with E-state index in [0.717, 1.165) is 24.8 Å². The normalized spacial score (nSPS) is 22.8. The number of nitrogens with zero attached hydrogens (tertiary/aromatic N) is 1. The van der Waals surface area contributed by atoms with Crippen molar-refractivity contribution in [2.75, 3.05) is 0 Å². The minimum Gasteiger partial charge on any atom is -0.485 e. The molecule has 1 saturated carbocycles. The highest BCUT2D eigenvalue weighted by Crippen LogP contribution is 2.25. The maximum Gasteiger partial charge on any atom is 0.251 e. The molecule has 1 aliphatic heterocycles. The third-order valence-electron chi connectivity index (χ3n) is 4.51. The summed E-state index contributed by atoms with van der Waals surface area (Å²) in [5.74, 6) is 0.665. The predicted octanol–water partition coefficient (Wildman–Crippen LogP) is 2.17. The summed E-state index contributed by atoms with van der Waals surface area (Å²) in [5.41, 5.74) is 2.96. The van der Waals surface area contributed by atoms with Gasteiger partial charge in [0.05, 0.1) is 31.6 Å². The molecule has 2 aromatic rings. The Morgan fingerprint density at radius 1 is 1.30 bits per heavy atom. The number of carbonyl (C=O) groups is 1. The van der Waals surface area contributed by atoms with Crippen molar-refractivity contribution in [2.45, 2.75) is 44.6 Å². The summed E-state index contributed by atoms with van der Waals surface area (Å²) in [6.45, 7) is 1.23. The number of fused-ring (bicyclic) bond motifs is 1. The third kappa shape index (κ3) is 2.94. The van der Waals surface area contributed by atoms with Crippen LogP contribution in [0.4, 0.5) is 0 Å². The van der Waals surface area contributed by atoms with E-state index in [9.17, 15) is 4.79 Å². The van der Waals surface area contributed by atoms with Crippen molar-refractivity contribution in [1.82, 2.24) is 15.5 Å². The van der Waals surface area contributed by atoms with Crippen molar-refractivity contribution in [3.05, 3.63) is 47.3 Å². The highest BCUT2D eigenvalue weighted by Gasteiger charge is 2.31. The van der Waals surface area contributed by atoms with Gasteiger partial charge < -0.3 is 14.8 Å². The number of rotatable bonds is 4. The maximum absolute atomic E-state index is 12.5. The number of H-pyrrole nitrogens is 1. The van der Waals surface area contributed by atoms with Gasteiger partial charge in [-0.1, -0.05) is 6.07 Å². The summed E-state index contributed by atoms with van der Waals surface area (Å²) in [4.78, 5) is 12.5. The van der Waals surface area contributed by atoms with Crippen LogP contribution in [0.1, 0.15) is 40.7 Å². The lowest BCUT2D eigenvalue weighted by atomic mass is 10.1. The standard InChI is InChI=1S/C17H19N3O3/c21-17(11-4-5-12-9-22-10-13(12)6-11)20-15-2-1-3-16(15)23-14-7-18-19-8-14/h4-8,15-16H,1-3,9-10H2,(H,18,19)(H,20,21)/t15-,16+/m0/s1. The summed E-state index contributed by atoms with van der Waals surface area (Å²) in [5, 5.41) is 9.73. The number of hydrogen-bond donors (Lipinski definition) is 2. The lowest BCUT2D eigenvalue weighted by molar-refractivity contribution is 0.0894. The summed E-state index contributed by atoms with van der Waals surface area (Å²) in [6.07, 6.45) is 6.28. The zero-order valence-electron chi connectivity index (χ0n) is 12.7. The Balaban J connectivity index is 1.43. The van der Waals surface area contributed by atoms with Gasteiger partial charge in [-0.25, -0.2) is 0 Å². The average molecular weight is 313 g/mol. The molecule has 6 heteroatoms. The van der Waals surface area contributed by atoms with Crippen LogP contribution < -0.4 is 10.1 Å². The molecule has 0 bridgehead atoms. The van der Waals surface area contributed by atoms with E-state index in [0.29, 0.717) is 24.5 Å². The van der Waals surface area contributed by atoms with Gasteiger partial charge in [0.1, 0.15) is 6.10 Å². The van der Waals surface area contributed by atoms with E-state index >= 15 is 0 Å². The molecule has 2 aliphatic rings. The van der Waals surface area contributed by atoms with Crippen molar-refractivity contribution in [2.24, 2.45) is 0 Å². The fourth-order valence-electron chi connectivity index (χ4n) is 3.28. The zero-order chi connectivity index (χ0) is 15.6. The molecule has 2 N–H and O–H groups in total. The van der Waals surface area contributed by atoms with Gasteiger partial charge in [-0.15, -0.1) is 0 Å². The molecule has 23 heavy (non-hydrogen) atoms. The molecule has 1 aromatic carbocycles. The molecule has 120 valence electrons. The van der Waals surface area contributed by atoms with Gasteiger partial charge in [-0.2, -0.15) is 5.10 Å². The van der Waals surface area contributed by atoms with Crippen LogP contribution in [0.15, 0.2) is 30.6 Å². The molecule has 0 saturated heterocycles. The van der Waals surface area contributed by atoms with Gasteiger partial charge in [0.15, 0.2) is 5.75 Å². The SMILES string of the molecule is O=C(N[C@H]1CCC[C@H]1Oc1cn[nH]c1)c1ccc2c(c1)COC2. The molecular formula is C17H19N3O3. The van der Waals surface area contributed by atoms with E-state index in [4.69, 9.17) is 9.47 Å². The highest BCUT2D eigenvalue weighted by molar-refractivity contribution is 5.94. The first-order valence-electron chi connectivity index (χ1n) is 7.95. The van der Waals surface area contributed by atoms with Crippen LogP contribution in [0.2, 0.25) is 0 Å². The van der Waals surface area contributed by atoms with Crippen molar-refractivity contribution in [3.63, 3.8) is 0 Å². The fraction of sp³-hybridized carbons (Fsp3) is 0.412. The van der Waals surface area contributed by atoms with E-state index < -0.39 is 0 Å². The number of aromatic nitrogens is 2. The molecule has 1 fully saturated rings. The molecule has 6 nitrogen and oxygen atoms in total. The zero-order valence-corrected chi connectivity index (χ0v) is 12.7. The van der Waals surface area contributed by atoms with Crippen molar-refractivity contribution in [1.29, 1.82) is 0 Å². The minimum atomic E-state index is -0.0487. The Kier molecular flexibility index (Phi) is 3.75. The van der Waals surface area contributed by atoms with E-state index in [1.54, 1.807) is 12.4 Å². The van der Waals surface area contributed by atoms with E-state index in [1.807, 2.05) is 18.2 Å². The van der Waals surface area contributed by atoms with Crippen molar-refractivity contribution >= 4 is 5.91 Å². The second-order valence-electron chi connectivity index (χ2n) is 6.08. The smallest absolute Gasteiger partial charge is 0.251 e. The number of aromatic amines is 1. The highest BCUT2D eigenvalue weighted by atomic mass is 16.5. The van der Waals surface area contributed by atoms with E-state index in [1.165, 1.54) is 5.56 Å². The molecule has 1 aromatic heterocycles. The summed E-state index contributed by atoms with van der Waals surface area (Å²) >= 11 is 0. The molecule has 1 aliphatic carbocycles. The van der Waals surface area contributed by atoms with Gasteiger partial charge in [-0.05, 0) is 42.5 Å². The summed E-state index contributed by atoms with van der Waals surface area (Å²) in [7, 11) is 0. The Morgan fingerprint density at radius 3 is 3.09 bits per heavy atom. The predicted molar refractivity (Wildman–Crippen MR) is 83.0 cm³/mol. The Labute approximate surface area is 134 Å². The van der Waals surface area contributed by atoms with Crippen LogP contribution in [-0.4, -0.2) is 28.3 Å². The number of benzene rings is 1. The second kappa shape index (κ2) is 6.04. The molecule has 0 unspecified atom stereocenters. The lowest BCUT2D eigenvalue weighted by Crippen LogP contribution is -2.42. The summed E-state index contributed by atoms with van der Waals surface area (Å²) in [6, 6.07) is 5.80. The first-order valence-corrected chi connectivity index (χ1v) is 7.95. The van der Waals surface area contributed by atoms with Crippen LogP contribution in [0.5, 0.6) is 5.75 Å². The number of nitrogens with one attached hydrogen (secondary N) is 2. The largest absolute Gasteiger partial charge is 0.485 e. The average Bonchev–Trinajstić information content (AvgIpc) is 3.29. The summed E-state index contributed by atoms with van der Waals surface area (Å²) < 4.78 is 11.3. The van der Waals surface area contributed by atoms with Gasteiger partial charge >= 0.3 is 0 Å². The van der Waals surface area contributed by atoms with Crippen LogP contribution in [0, 0.1) is 0 Å². The van der Waals surface area contributed by atoms with Crippen molar-refractivity contribution < 1.29 is 14.3 Å². The topological polar surface area (TPSA) is 76.2 Å². The van der Waals surface area contributed by atoms with E-state index in [2.05, 4.69) is 15.5 Å². The van der Waals surface area contributed by atoms with Gasteiger partial charge in [0.2, 0.25) is 0 Å². The first-order chi connectivity index (χ1) is 11.3. The first kappa shape index (κ1) is 14.3. The van der Waals surface area contributed by atoms with Crippen LogP contribution in [0.3, 0.4) is 0 Å². The van der Waals surface area contributed by atoms with Crippen LogP contribution in [0.25, 0.3) is 0 Å². The Hall–Kier alpha value is -2.34. The molecule has 1 amide bonds. The quantitative estimate of drug-likeness (QED) is 0.907. The second-order valence-corrected chi connectivity index (χ2v) is 6.08.